The van der Waals surface area contributed by atoms with Gasteiger partial charge in [-0.1, -0.05) is 17.3 Å². The standard InChI is InChI=1S/C13H18N4O/c1-18-13-4-2-12(3-5-13)6-7-14-8-10-17-11-9-15-16-17/h2-5,9,11,14H,6-8,10H2,1H3. The van der Waals surface area contributed by atoms with Crippen LogP contribution in [0, 0.1) is 0 Å². The molecule has 0 aliphatic carbocycles. The van der Waals surface area contributed by atoms with Crippen LogP contribution in [0.4, 0.5) is 0 Å². The molecule has 1 N–H and O–H groups in total. The SMILES string of the molecule is COc1ccc(CCNCCn2ccnn2)cc1. The number of ether oxygens (including phenoxy) is 1. The molecule has 0 unspecified atom stereocenters. The molecule has 1 heterocycles. The van der Waals surface area contributed by atoms with Crippen LogP contribution in [-0.2, 0) is 13.0 Å². The quantitative estimate of drug-likeness (QED) is 0.744. The zero-order valence-electron chi connectivity index (χ0n) is 10.5. The van der Waals surface area contributed by atoms with E-state index >= 15 is 0 Å². The van der Waals surface area contributed by atoms with Crippen LogP contribution in [-0.4, -0.2) is 35.2 Å². The maximum Gasteiger partial charge on any atom is 0.118 e. The fourth-order valence-corrected chi connectivity index (χ4v) is 1.70. The van der Waals surface area contributed by atoms with Gasteiger partial charge in [-0.25, -0.2) is 0 Å². The highest BCUT2D eigenvalue weighted by atomic mass is 16.5. The van der Waals surface area contributed by atoms with E-state index in [1.807, 2.05) is 23.0 Å². The van der Waals surface area contributed by atoms with Crippen molar-refractivity contribution >= 4 is 0 Å². The summed E-state index contributed by atoms with van der Waals surface area (Å²) in [5.41, 5.74) is 1.31. The fourth-order valence-electron chi connectivity index (χ4n) is 1.70. The van der Waals surface area contributed by atoms with Gasteiger partial charge in [0.1, 0.15) is 5.75 Å². The molecule has 5 nitrogen and oxygen atoms in total. The molecule has 0 aliphatic heterocycles. The van der Waals surface area contributed by atoms with Gasteiger partial charge in [-0.3, -0.25) is 4.68 Å². The highest BCUT2D eigenvalue weighted by Crippen LogP contribution is 2.11. The Morgan fingerprint density at radius 2 is 2.06 bits per heavy atom. The smallest absolute Gasteiger partial charge is 0.118 e. The minimum absolute atomic E-state index is 0.850. The van der Waals surface area contributed by atoms with Gasteiger partial charge >= 0.3 is 0 Å². The monoisotopic (exact) mass is 246 g/mol. The third-order valence-electron chi connectivity index (χ3n) is 2.74. The van der Waals surface area contributed by atoms with E-state index in [0.29, 0.717) is 0 Å². The molecule has 0 saturated carbocycles. The molecule has 1 aromatic heterocycles. The molecule has 0 spiro atoms. The van der Waals surface area contributed by atoms with Crippen molar-refractivity contribution in [2.75, 3.05) is 20.2 Å². The van der Waals surface area contributed by atoms with Crippen LogP contribution in [0.3, 0.4) is 0 Å². The number of aromatic nitrogens is 3. The summed E-state index contributed by atoms with van der Waals surface area (Å²) in [6, 6.07) is 8.17. The first-order chi connectivity index (χ1) is 8.88. The maximum absolute atomic E-state index is 5.12. The van der Waals surface area contributed by atoms with Crippen molar-refractivity contribution in [3.05, 3.63) is 42.2 Å². The zero-order chi connectivity index (χ0) is 12.6. The lowest BCUT2D eigenvalue weighted by atomic mass is 10.1. The van der Waals surface area contributed by atoms with Crippen molar-refractivity contribution in [3.8, 4) is 5.75 Å². The van der Waals surface area contributed by atoms with Crippen LogP contribution in [0.2, 0.25) is 0 Å². The Hall–Kier alpha value is -1.88. The van der Waals surface area contributed by atoms with Gasteiger partial charge in [-0.05, 0) is 30.7 Å². The van der Waals surface area contributed by atoms with Crippen LogP contribution in [0.15, 0.2) is 36.7 Å². The summed E-state index contributed by atoms with van der Waals surface area (Å²) >= 11 is 0. The first-order valence-corrected chi connectivity index (χ1v) is 6.06. The minimum atomic E-state index is 0.850. The molecule has 0 aliphatic rings. The van der Waals surface area contributed by atoms with Gasteiger partial charge < -0.3 is 10.1 Å². The predicted molar refractivity (Wildman–Crippen MR) is 69.6 cm³/mol. The van der Waals surface area contributed by atoms with Crippen molar-refractivity contribution in [1.29, 1.82) is 0 Å². The summed E-state index contributed by atoms with van der Waals surface area (Å²) in [6.45, 7) is 2.71. The number of hydrogen-bond acceptors (Lipinski definition) is 4. The van der Waals surface area contributed by atoms with E-state index in [9.17, 15) is 0 Å². The Morgan fingerprint density at radius 3 is 2.72 bits per heavy atom. The molecule has 0 bridgehead atoms. The Balaban J connectivity index is 1.62. The van der Waals surface area contributed by atoms with Gasteiger partial charge in [0.25, 0.3) is 0 Å². The lowest BCUT2D eigenvalue weighted by Crippen LogP contribution is -2.22. The molecule has 2 aromatic rings. The summed E-state index contributed by atoms with van der Waals surface area (Å²) in [5, 5.41) is 11.0. The van der Waals surface area contributed by atoms with Gasteiger partial charge in [0.05, 0.1) is 19.9 Å². The molecule has 0 amide bonds. The number of methoxy groups -OCH3 is 1. The molecule has 0 radical (unpaired) electrons. The first kappa shape index (κ1) is 12.6. The molecule has 0 atom stereocenters. The number of hydrogen-bond donors (Lipinski definition) is 1. The molecule has 1 aromatic carbocycles. The van der Waals surface area contributed by atoms with E-state index in [4.69, 9.17) is 4.74 Å². The predicted octanol–water partition coefficient (Wildman–Crippen LogP) is 1.12. The molecule has 0 saturated heterocycles. The number of benzene rings is 1. The van der Waals surface area contributed by atoms with E-state index in [1.54, 1.807) is 13.3 Å². The maximum atomic E-state index is 5.12. The molecular formula is C13H18N4O. The Bertz CT molecular complexity index is 439. The van der Waals surface area contributed by atoms with E-state index in [2.05, 4.69) is 27.8 Å². The number of nitrogens with one attached hydrogen (secondary N) is 1. The Morgan fingerprint density at radius 1 is 1.22 bits per heavy atom. The third kappa shape index (κ3) is 3.85. The summed E-state index contributed by atoms with van der Waals surface area (Å²) in [5.74, 6) is 0.901. The Labute approximate surface area is 107 Å². The van der Waals surface area contributed by atoms with E-state index in [0.717, 1.165) is 31.8 Å². The second kappa shape index (κ2) is 6.76. The first-order valence-electron chi connectivity index (χ1n) is 6.06. The van der Waals surface area contributed by atoms with Crippen molar-refractivity contribution in [2.24, 2.45) is 0 Å². The van der Waals surface area contributed by atoms with Gasteiger partial charge in [-0.15, -0.1) is 5.10 Å². The van der Waals surface area contributed by atoms with Gasteiger partial charge in [-0.2, -0.15) is 0 Å². The molecular weight excluding hydrogens is 228 g/mol. The van der Waals surface area contributed by atoms with Crippen molar-refractivity contribution in [1.82, 2.24) is 20.3 Å². The molecule has 5 heteroatoms. The Kier molecular flexibility index (Phi) is 4.72. The van der Waals surface area contributed by atoms with Crippen LogP contribution in [0.1, 0.15) is 5.56 Å². The van der Waals surface area contributed by atoms with Gasteiger partial charge in [0.2, 0.25) is 0 Å². The fraction of sp³-hybridized carbons (Fsp3) is 0.385. The van der Waals surface area contributed by atoms with Crippen LogP contribution >= 0.6 is 0 Å². The zero-order valence-corrected chi connectivity index (χ0v) is 10.5. The van der Waals surface area contributed by atoms with Gasteiger partial charge in [0.15, 0.2) is 0 Å². The summed E-state index contributed by atoms with van der Waals surface area (Å²) in [7, 11) is 1.68. The average molecular weight is 246 g/mol. The highest BCUT2D eigenvalue weighted by Gasteiger charge is 1.95. The largest absolute Gasteiger partial charge is 0.497 e. The lowest BCUT2D eigenvalue weighted by molar-refractivity contribution is 0.414. The molecule has 96 valence electrons. The molecule has 0 fully saturated rings. The van der Waals surface area contributed by atoms with Crippen LogP contribution < -0.4 is 10.1 Å². The topological polar surface area (TPSA) is 52.0 Å². The number of rotatable bonds is 7. The van der Waals surface area contributed by atoms with E-state index < -0.39 is 0 Å². The van der Waals surface area contributed by atoms with E-state index in [1.165, 1.54) is 5.56 Å². The molecule has 2 rings (SSSR count). The minimum Gasteiger partial charge on any atom is -0.497 e. The number of nitrogens with zero attached hydrogens (tertiary/aromatic N) is 3. The van der Waals surface area contributed by atoms with Crippen molar-refractivity contribution in [3.63, 3.8) is 0 Å². The summed E-state index contributed by atoms with van der Waals surface area (Å²) in [6.07, 6.45) is 4.57. The second-order valence-corrected chi connectivity index (χ2v) is 4.01. The third-order valence-corrected chi connectivity index (χ3v) is 2.74. The summed E-state index contributed by atoms with van der Waals surface area (Å²) in [4.78, 5) is 0. The van der Waals surface area contributed by atoms with Crippen molar-refractivity contribution in [2.45, 2.75) is 13.0 Å². The van der Waals surface area contributed by atoms with Crippen LogP contribution in [0.5, 0.6) is 5.75 Å². The lowest BCUT2D eigenvalue weighted by Gasteiger charge is -2.05. The molecule has 18 heavy (non-hydrogen) atoms. The normalized spacial score (nSPS) is 10.5. The van der Waals surface area contributed by atoms with Gasteiger partial charge in [0, 0.05) is 12.7 Å². The average Bonchev–Trinajstić information content (AvgIpc) is 2.92. The van der Waals surface area contributed by atoms with Crippen molar-refractivity contribution < 1.29 is 4.74 Å². The summed E-state index contributed by atoms with van der Waals surface area (Å²) < 4.78 is 6.94. The highest BCUT2D eigenvalue weighted by molar-refractivity contribution is 5.27. The van der Waals surface area contributed by atoms with E-state index in [-0.39, 0.29) is 0 Å². The second-order valence-electron chi connectivity index (χ2n) is 4.01. The van der Waals surface area contributed by atoms with Crippen LogP contribution in [0.25, 0.3) is 0 Å².